The third kappa shape index (κ3) is 3.81. The standard InChI is InChI=1S/C17H23N3/c1-17(2,15-6-8-16(18)9-7-15)13-20(3)12-14-5-4-10-19-11-14/h4-11H,12-13,18H2,1-3H3. The minimum absolute atomic E-state index is 0.0880. The summed E-state index contributed by atoms with van der Waals surface area (Å²) in [5.74, 6) is 0. The topological polar surface area (TPSA) is 42.2 Å². The summed E-state index contributed by atoms with van der Waals surface area (Å²) in [7, 11) is 2.14. The number of aromatic nitrogens is 1. The van der Waals surface area contributed by atoms with Crippen LogP contribution in [0.5, 0.6) is 0 Å². The van der Waals surface area contributed by atoms with Crippen molar-refractivity contribution in [3.63, 3.8) is 0 Å². The molecule has 1 heterocycles. The van der Waals surface area contributed by atoms with E-state index in [1.54, 1.807) is 0 Å². The fourth-order valence-electron chi connectivity index (χ4n) is 2.56. The highest BCUT2D eigenvalue weighted by Gasteiger charge is 2.22. The van der Waals surface area contributed by atoms with Crippen LogP contribution in [0.15, 0.2) is 48.8 Å². The Morgan fingerprint density at radius 2 is 1.85 bits per heavy atom. The van der Waals surface area contributed by atoms with Gasteiger partial charge in [0, 0.05) is 36.6 Å². The molecule has 2 rings (SSSR count). The summed E-state index contributed by atoms with van der Waals surface area (Å²) < 4.78 is 0. The molecule has 0 aliphatic heterocycles. The lowest BCUT2D eigenvalue weighted by molar-refractivity contribution is 0.261. The summed E-state index contributed by atoms with van der Waals surface area (Å²) in [5.41, 5.74) is 9.21. The number of likely N-dealkylation sites (N-methyl/N-ethyl adjacent to an activating group) is 1. The molecule has 0 bridgehead atoms. The van der Waals surface area contributed by atoms with Gasteiger partial charge in [-0.05, 0) is 36.4 Å². The highest BCUT2D eigenvalue weighted by molar-refractivity contribution is 5.41. The Kier molecular flexibility index (Phi) is 4.40. The predicted octanol–water partition coefficient (Wildman–Crippen LogP) is 3.07. The fraction of sp³-hybridized carbons (Fsp3) is 0.353. The zero-order chi connectivity index (χ0) is 14.6. The van der Waals surface area contributed by atoms with Crippen LogP contribution in [0.4, 0.5) is 5.69 Å². The molecule has 0 radical (unpaired) electrons. The minimum atomic E-state index is 0.0880. The SMILES string of the molecule is CN(Cc1cccnc1)CC(C)(C)c1ccc(N)cc1. The molecule has 0 fully saturated rings. The van der Waals surface area contributed by atoms with Gasteiger partial charge in [-0.15, -0.1) is 0 Å². The fourth-order valence-corrected chi connectivity index (χ4v) is 2.56. The van der Waals surface area contributed by atoms with Crippen LogP contribution in [0, 0.1) is 0 Å². The summed E-state index contributed by atoms with van der Waals surface area (Å²) in [6.45, 7) is 6.41. The Hall–Kier alpha value is -1.87. The van der Waals surface area contributed by atoms with E-state index in [-0.39, 0.29) is 5.41 Å². The Balaban J connectivity index is 2.02. The monoisotopic (exact) mass is 269 g/mol. The van der Waals surface area contributed by atoms with E-state index >= 15 is 0 Å². The second-order valence-corrected chi connectivity index (χ2v) is 6.04. The first-order chi connectivity index (χ1) is 9.47. The zero-order valence-corrected chi connectivity index (χ0v) is 12.5. The lowest BCUT2D eigenvalue weighted by Crippen LogP contribution is -2.34. The lowest BCUT2D eigenvalue weighted by Gasteiger charge is -2.31. The molecule has 2 N–H and O–H groups in total. The van der Waals surface area contributed by atoms with Crippen LogP contribution in [-0.4, -0.2) is 23.5 Å². The Bertz CT molecular complexity index is 532. The van der Waals surface area contributed by atoms with Gasteiger partial charge in [0.15, 0.2) is 0 Å². The smallest absolute Gasteiger partial charge is 0.0314 e. The molecule has 0 aliphatic carbocycles. The van der Waals surface area contributed by atoms with Crippen LogP contribution in [0.2, 0.25) is 0 Å². The molecule has 0 atom stereocenters. The highest BCUT2D eigenvalue weighted by Crippen LogP contribution is 2.25. The van der Waals surface area contributed by atoms with Gasteiger partial charge in [-0.25, -0.2) is 0 Å². The number of benzene rings is 1. The molecule has 0 amide bonds. The Morgan fingerprint density at radius 1 is 1.15 bits per heavy atom. The van der Waals surface area contributed by atoms with E-state index in [9.17, 15) is 0 Å². The van der Waals surface area contributed by atoms with Crippen LogP contribution in [-0.2, 0) is 12.0 Å². The number of hydrogen-bond donors (Lipinski definition) is 1. The number of nitrogens with two attached hydrogens (primary N) is 1. The molecule has 3 heteroatoms. The van der Waals surface area contributed by atoms with Crippen molar-refractivity contribution in [1.82, 2.24) is 9.88 Å². The number of pyridine rings is 1. The molecule has 0 spiro atoms. The third-order valence-electron chi connectivity index (χ3n) is 3.53. The highest BCUT2D eigenvalue weighted by atomic mass is 15.1. The van der Waals surface area contributed by atoms with Crippen molar-refractivity contribution in [1.29, 1.82) is 0 Å². The summed E-state index contributed by atoms with van der Waals surface area (Å²) in [5, 5.41) is 0. The quantitative estimate of drug-likeness (QED) is 0.848. The van der Waals surface area contributed by atoms with Crippen LogP contribution in [0.1, 0.15) is 25.0 Å². The van der Waals surface area contributed by atoms with Crippen molar-refractivity contribution in [2.24, 2.45) is 0 Å². The van der Waals surface area contributed by atoms with Crippen LogP contribution < -0.4 is 5.73 Å². The first-order valence-electron chi connectivity index (χ1n) is 6.91. The van der Waals surface area contributed by atoms with Crippen molar-refractivity contribution in [2.75, 3.05) is 19.3 Å². The number of nitrogens with zero attached hydrogens (tertiary/aromatic N) is 2. The van der Waals surface area contributed by atoms with Gasteiger partial charge in [-0.1, -0.05) is 32.0 Å². The van der Waals surface area contributed by atoms with E-state index in [2.05, 4.69) is 49.0 Å². The number of nitrogen functional groups attached to an aromatic ring is 1. The van der Waals surface area contributed by atoms with Crippen molar-refractivity contribution >= 4 is 5.69 Å². The molecular weight excluding hydrogens is 246 g/mol. The molecular formula is C17H23N3. The van der Waals surface area contributed by atoms with E-state index in [1.165, 1.54) is 11.1 Å². The predicted molar refractivity (Wildman–Crippen MR) is 84.5 cm³/mol. The van der Waals surface area contributed by atoms with Crippen LogP contribution in [0.25, 0.3) is 0 Å². The maximum atomic E-state index is 5.76. The first-order valence-corrected chi connectivity index (χ1v) is 6.91. The maximum absolute atomic E-state index is 5.76. The van der Waals surface area contributed by atoms with Crippen molar-refractivity contribution in [2.45, 2.75) is 25.8 Å². The molecule has 0 aliphatic rings. The van der Waals surface area contributed by atoms with E-state index in [1.807, 2.05) is 30.6 Å². The molecule has 3 nitrogen and oxygen atoms in total. The van der Waals surface area contributed by atoms with Crippen LogP contribution >= 0.6 is 0 Å². The van der Waals surface area contributed by atoms with Gasteiger partial charge in [0.25, 0.3) is 0 Å². The normalized spacial score (nSPS) is 11.8. The number of anilines is 1. The minimum Gasteiger partial charge on any atom is -0.399 e. The number of hydrogen-bond acceptors (Lipinski definition) is 3. The van der Waals surface area contributed by atoms with Gasteiger partial charge in [0.05, 0.1) is 0 Å². The maximum Gasteiger partial charge on any atom is 0.0314 e. The second-order valence-electron chi connectivity index (χ2n) is 6.04. The Morgan fingerprint density at radius 3 is 2.45 bits per heavy atom. The molecule has 2 aromatic rings. The van der Waals surface area contributed by atoms with Gasteiger partial charge in [0.2, 0.25) is 0 Å². The summed E-state index contributed by atoms with van der Waals surface area (Å²) in [6, 6.07) is 12.3. The van der Waals surface area contributed by atoms with Gasteiger partial charge in [0.1, 0.15) is 0 Å². The van der Waals surface area contributed by atoms with Gasteiger partial charge >= 0.3 is 0 Å². The van der Waals surface area contributed by atoms with Crippen LogP contribution in [0.3, 0.4) is 0 Å². The van der Waals surface area contributed by atoms with E-state index in [0.717, 1.165) is 18.8 Å². The van der Waals surface area contributed by atoms with Gasteiger partial charge in [-0.2, -0.15) is 0 Å². The van der Waals surface area contributed by atoms with Gasteiger partial charge in [-0.3, -0.25) is 4.98 Å². The van der Waals surface area contributed by atoms with Crippen molar-refractivity contribution in [3.8, 4) is 0 Å². The van der Waals surface area contributed by atoms with Gasteiger partial charge < -0.3 is 10.6 Å². The lowest BCUT2D eigenvalue weighted by atomic mass is 9.84. The van der Waals surface area contributed by atoms with E-state index in [4.69, 9.17) is 5.73 Å². The largest absolute Gasteiger partial charge is 0.399 e. The molecule has 20 heavy (non-hydrogen) atoms. The average Bonchev–Trinajstić information content (AvgIpc) is 2.39. The Labute approximate surface area is 121 Å². The molecule has 0 unspecified atom stereocenters. The third-order valence-corrected chi connectivity index (χ3v) is 3.53. The van der Waals surface area contributed by atoms with Crippen molar-refractivity contribution in [3.05, 3.63) is 59.9 Å². The van der Waals surface area contributed by atoms with Crippen molar-refractivity contribution < 1.29 is 0 Å². The molecule has 106 valence electrons. The molecule has 0 saturated carbocycles. The van der Waals surface area contributed by atoms with E-state index in [0.29, 0.717) is 0 Å². The number of rotatable bonds is 5. The molecule has 1 aromatic carbocycles. The molecule has 1 aromatic heterocycles. The summed E-state index contributed by atoms with van der Waals surface area (Å²) in [6.07, 6.45) is 3.73. The first kappa shape index (κ1) is 14.5. The summed E-state index contributed by atoms with van der Waals surface area (Å²) in [4.78, 5) is 6.49. The second kappa shape index (κ2) is 6.06. The summed E-state index contributed by atoms with van der Waals surface area (Å²) >= 11 is 0. The zero-order valence-electron chi connectivity index (χ0n) is 12.5. The van der Waals surface area contributed by atoms with E-state index < -0.39 is 0 Å². The average molecular weight is 269 g/mol. The molecule has 0 saturated heterocycles.